The molecule has 0 bridgehead atoms. The van der Waals surface area contributed by atoms with E-state index in [1.165, 1.54) is 12.1 Å². The molecule has 4 aromatic rings. The fourth-order valence-electron chi connectivity index (χ4n) is 3.37. The SMILES string of the molecule is CN(Cc1nnnn1-c1ccccc1)C(c1ccccc1)c1ccc(F)cc1. The third kappa shape index (κ3) is 3.82. The average molecular weight is 373 g/mol. The zero-order valence-electron chi connectivity index (χ0n) is 15.5. The maximum atomic E-state index is 13.5. The predicted molar refractivity (Wildman–Crippen MR) is 105 cm³/mol. The molecule has 1 heterocycles. The van der Waals surface area contributed by atoms with Crippen molar-refractivity contribution in [1.82, 2.24) is 25.1 Å². The lowest BCUT2D eigenvalue weighted by Gasteiger charge is -2.28. The van der Waals surface area contributed by atoms with Gasteiger partial charge in [-0.25, -0.2) is 4.39 Å². The maximum Gasteiger partial charge on any atom is 0.170 e. The molecule has 0 spiro atoms. The zero-order chi connectivity index (χ0) is 19.3. The van der Waals surface area contributed by atoms with Crippen LogP contribution in [0.2, 0.25) is 0 Å². The van der Waals surface area contributed by atoms with Crippen LogP contribution in [-0.4, -0.2) is 32.2 Å². The Balaban J connectivity index is 1.67. The highest BCUT2D eigenvalue weighted by Gasteiger charge is 2.22. The molecule has 28 heavy (non-hydrogen) atoms. The summed E-state index contributed by atoms with van der Waals surface area (Å²) in [6, 6.07) is 26.5. The van der Waals surface area contributed by atoms with Crippen molar-refractivity contribution < 1.29 is 4.39 Å². The first kappa shape index (κ1) is 18.0. The first-order chi connectivity index (χ1) is 13.7. The average Bonchev–Trinajstić information content (AvgIpc) is 3.19. The Morgan fingerprint density at radius 1 is 0.857 bits per heavy atom. The van der Waals surface area contributed by atoms with Gasteiger partial charge in [-0.2, -0.15) is 4.68 Å². The standard InChI is InChI=1S/C22H20FN5/c1-27(16-21-24-25-26-28(21)20-10-6-3-7-11-20)22(17-8-4-2-5-9-17)18-12-14-19(23)15-13-18/h2-15,22H,16H2,1H3. The van der Waals surface area contributed by atoms with Crippen molar-refractivity contribution in [2.75, 3.05) is 7.05 Å². The van der Waals surface area contributed by atoms with Gasteiger partial charge in [0, 0.05) is 0 Å². The fraction of sp³-hybridized carbons (Fsp3) is 0.136. The lowest BCUT2D eigenvalue weighted by Crippen LogP contribution is -2.27. The van der Waals surface area contributed by atoms with Gasteiger partial charge in [0.05, 0.1) is 18.3 Å². The Hall–Kier alpha value is -3.38. The van der Waals surface area contributed by atoms with Crippen molar-refractivity contribution >= 4 is 0 Å². The maximum absolute atomic E-state index is 13.5. The molecule has 0 fully saturated rings. The van der Waals surface area contributed by atoms with E-state index in [9.17, 15) is 4.39 Å². The molecule has 1 aromatic heterocycles. The monoisotopic (exact) mass is 373 g/mol. The Bertz CT molecular complexity index is 1020. The van der Waals surface area contributed by atoms with Crippen molar-refractivity contribution in [3.63, 3.8) is 0 Å². The molecular weight excluding hydrogens is 353 g/mol. The quantitative estimate of drug-likeness (QED) is 0.512. The number of benzene rings is 3. The molecule has 5 nitrogen and oxygen atoms in total. The van der Waals surface area contributed by atoms with Gasteiger partial charge in [-0.05, 0) is 52.9 Å². The lowest BCUT2D eigenvalue weighted by molar-refractivity contribution is 0.261. The number of hydrogen-bond acceptors (Lipinski definition) is 4. The molecule has 0 N–H and O–H groups in total. The summed E-state index contributed by atoms with van der Waals surface area (Å²) in [4.78, 5) is 2.16. The first-order valence-electron chi connectivity index (χ1n) is 9.06. The summed E-state index contributed by atoms with van der Waals surface area (Å²) in [6.45, 7) is 0.527. The highest BCUT2D eigenvalue weighted by molar-refractivity contribution is 5.33. The molecule has 0 aliphatic rings. The van der Waals surface area contributed by atoms with E-state index in [4.69, 9.17) is 0 Å². The van der Waals surface area contributed by atoms with E-state index < -0.39 is 0 Å². The molecule has 0 amide bonds. The summed E-state index contributed by atoms with van der Waals surface area (Å²) in [5.74, 6) is 0.489. The van der Waals surface area contributed by atoms with Gasteiger partial charge in [0.1, 0.15) is 5.82 Å². The molecule has 0 radical (unpaired) electrons. The first-order valence-corrected chi connectivity index (χ1v) is 9.06. The van der Waals surface area contributed by atoms with Gasteiger partial charge < -0.3 is 0 Å². The molecular formula is C22H20FN5. The van der Waals surface area contributed by atoms with Crippen molar-refractivity contribution in [2.24, 2.45) is 0 Å². The van der Waals surface area contributed by atoms with Gasteiger partial charge in [-0.15, -0.1) is 5.10 Å². The van der Waals surface area contributed by atoms with Gasteiger partial charge in [-0.1, -0.05) is 60.7 Å². The predicted octanol–water partition coefficient (Wildman–Crippen LogP) is 4.02. The minimum atomic E-state index is -0.244. The van der Waals surface area contributed by atoms with Crippen LogP contribution in [0.3, 0.4) is 0 Å². The molecule has 0 saturated carbocycles. The smallest absolute Gasteiger partial charge is 0.170 e. The topological polar surface area (TPSA) is 46.8 Å². The number of nitrogens with zero attached hydrogens (tertiary/aromatic N) is 5. The van der Waals surface area contributed by atoms with Crippen LogP contribution in [0.1, 0.15) is 23.0 Å². The molecule has 0 saturated heterocycles. The van der Waals surface area contributed by atoms with E-state index in [1.807, 2.05) is 67.7 Å². The van der Waals surface area contributed by atoms with Crippen LogP contribution in [0.5, 0.6) is 0 Å². The van der Waals surface area contributed by atoms with E-state index in [1.54, 1.807) is 4.68 Å². The van der Waals surface area contributed by atoms with Crippen LogP contribution in [0.15, 0.2) is 84.9 Å². The molecule has 1 atom stereocenters. The normalized spacial score (nSPS) is 12.2. The summed E-state index contributed by atoms with van der Waals surface area (Å²) in [5, 5.41) is 12.2. The minimum absolute atomic E-state index is 0.0530. The second-order valence-electron chi connectivity index (χ2n) is 6.62. The number of aromatic nitrogens is 4. The van der Waals surface area contributed by atoms with Crippen LogP contribution in [0, 0.1) is 5.82 Å². The molecule has 3 aromatic carbocycles. The number of hydrogen-bond donors (Lipinski definition) is 0. The minimum Gasteiger partial charge on any atom is -0.288 e. The molecule has 0 aliphatic carbocycles. The van der Waals surface area contributed by atoms with Gasteiger partial charge in [0.2, 0.25) is 0 Å². The van der Waals surface area contributed by atoms with Crippen molar-refractivity contribution in [3.8, 4) is 5.69 Å². The third-order valence-electron chi connectivity index (χ3n) is 4.67. The summed E-state index contributed by atoms with van der Waals surface area (Å²) < 4.78 is 15.2. The van der Waals surface area contributed by atoms with E-state index >= 15 is 0 Å². The van der Waals surface area contributed by atoms with Crippen molar-refractivity contribution in [3.05, 3.63) is 108 Å². The summed E-state index contributed by atoms with van der Waals surface area (Å²) in [5.41, 5.74) is 3.04. The molecule has 4 rings (SSSR count). The second-order valence-corrected chi connectivity index (χ2v) is 6.62. The molecule has 1 unspecified atom stereocenters. The van der Waals surface area contributed by atoms with Crippen LogP contribution in [0.25, 0.3) is 5.69 Å². The Kier molecular flexibility index (Phi) is 5.21. The Morgan fingerprint density at radius 2 is 1.46 bits per heavy atom. The summed E-state index contributed by atoms with van der Waals surface area (Å²) in [7, 11) is 2.02. The Labute approximate surface area is 163 Å². The summed E-state index contributed by atoms with van der Waals surface area (Å²) in [6.07, 6.45) is 0. The van der Waals surface area contributed by atoms with Crippen LogP contribution in [0.4, 0.5) is 4.39 Å². The number of tetrazole rings is 1. The van der Waals surface area contributed by atoms with E-state index in [0.717, 1.165) is 22.6 Å². The molecule has 0 aliphatic heterocycles. The van der Waals surface area contributed by atoms with Gasteiger partial charge in [-0.3, -0.25) is 4.90 Å². The summed E-state index contributed by atoms with van der Waals surface area (Å²) >= 11 is 0. The van der Waals surface area contributed by atoms with Crippen LogP contribution in [-0.2, 0) is 6.54 Å². The van der Waals surface area contributed by atoms with Gasteiger partial charge in [0.15, 0.2) is 5.82 Å². The van der Waals surface area contributed by atoms with E-state index in [-0.39, 0.29) is 11.9 Å². The Morgan fingerprint density at radius 3 is 2.14 bits per heavy atom. The van der Waals surface area contributed by atoms with Gasteiger partial charge >= 0.3 is 0 Å². The number of rotatable bonds is 6. The zero-order valence-corrected chi connectivity index (χ0v) is 15.5. The molecule has 140 valence electrons. The van der Waals surface area contributed by atoms with Crippen molar-refractivity contribution in [2.45, 2.75) is 12.6 Å². The molecule has 6 heteroatoms. The van der Waals surface area contributed by atoms with E-state index in [0.29, 0.717) is 6.54 Å². The number of halogens is 1. The highest BCUT2D eigenvalue weighted by atomic mass is 19.1. The van der Waals surface area contributed by atoms with Crippen LogP contribution < -0.4 is 0 Å². The van der Waals surface area contributed by atoms with Crippen LogP contribution >= 0.6 is 0 Å². The fourth-order valence-corrected chi connectivity index (χ4v) is 3.37. The van der Waals surface area contributed by atoms with Gasteiger partial charge in [0.25, 0.3) is 0 Å². The second kappa shape index (κ2) is 8.10. The number of para-hydroxylation sites is 1. The lowest BCUT2D eigenvalue weighted by atomic mass is 9.97. The van der Waals surface area contributed by atoms with E-state index in [2.05, 4.69) is 32.6 Å². The largest absolute Gasteiger partial charge is 0.288 e. The highest BCUT2D eigenvalue weighted by Crippen LogP contribution is 2.29. The van der Waals surface area contributed by atoms with Crippen molar-refractivity contribution in [1.29, 1.82) is 0 Å². The third-order valence-corrected chi connectivity index (χ3v) is 4.67.